The van der Waals surface area contributed by atoms with Gasteiger partial charge in [-0.3, -0.25) is 9.59 Å². The summed E-state index contributed by atoms with van der Waals surface area (Å²) < 4.78 is 0. The van der Waals surface area contributed by atoms with Crippen molar-refractivity contribution in [2.24, 2.45) is 0 Å². The lowest BCUT2D eigenvalue weighted by molar-refractivity contribution is -0.157. The molecule has 1 aliphatic carbocycles. The van der Waals surface area contributed by atoms with Gasteiger partial charge in [-0.25, -0.2) is 4.79 Å². The van der Waals surface area contributed by atoms with Gasteiger partial charge in [0.1, 0.15) is 0 Å². The van der Waals surface area contributed by atoms with E-state index in [1.54, 1.807) is 20.8 Å². The fourth-order valence-corrected chi connectivity index (χ4v) is 1.93. The second-order valence-electron chi connectivity index (χ2n) is 5.09. The predicted molar refractivity (Wildman–Crippen MR) is 68.6 cm³/mol. The minimum Gasteiger partial charge on any atom is -0.479 e. The second-order valence-corrected chi connectivity index (χ2v) is 5.09. The maximum atomic E-state index is 12.1. The third kappa shape index (κ3) is 2.81. The molecule has 1 aliphatic rings. The zero-order valence-corrected chi connectivity index (χ0v) is 11.5. The molecule has 19 heavy (non-hydrogen) atoms. The van der Waals surface area contributed by atoms with E-state index in [0.717, 1.165) is 0 Å². The van der Waals surface area contributed by atoms with Crippen LogP contribution >= 0.6 is 0 Å². The lowest BCUT2D eigenvalue weighted by Crippen LogP contribution is -2.35. The topological polar surface area (TPSA) is 91.7 Å². The van der Waals surface area contributed by atoms with Crippen LogP contribution in [0, 0.1) is 0 Å². The molecule has 104 valence electrons. The van der Waals surface area contributed by atoms with Crippen molar-refractivity contribution in [3.05, 3.63) is 22.3 Å². The highest BCUT2D eigenvalue weighted by atomic mass is 16.4. The van der Waals surface area contributed by atoms with Gasteiger partial charge >= 0.3 is 5.97 Å². The molecule has 0 radical (unpaired) electrons. The fourth-order valence-electron chi connectivity index (χ4n) is 1.93. The molecule has 0 aromatic carbocycles. The van der Waals surface area contributed by atoms with Crippen LogP contribution in [0.5, 0.6) is 0 Å². The average Bonchev–Trinajstić information content (AvgIpc) is 2.33. The van der Waals surface area contributed by atoms with Gasteiger partial charge in [-0.1, -0.05) is 0 Å². The predicted octanol–water partition coefficient (Wildman–Crippen LogP) is 1.41. The Morgan fingerprint density at radius 2 is 1.53 bits per heavy atom. The number of hydrogen-bond acceptors (Lipinski definition) is 4. The summed E-state index contributed by atoms with van der Waals surface area (Å²) in [6.07, 6.45) is -0.0410. The SMILES string of the molecule is CC1=C(C)C(=O)C(CCC(C)(O)C(=O)O)=C(C)C1=O. The molecule has 0 bridgehead atoms. The van der Waals surface area contributed by atoms with Crippen molar-refractivity contribution in [3.63, 3.8) is 0 Å². The molecule has 0 fully saturated rings. The molecule has 0 heterocycles. The first-order valence-electron chi connectivity index (χ1n) is 6.02. The average molecular weight is 266 g/mol. The summed E-state index contributed by atoms with van der Waals surface area (Å²) in [4.78, 5) is 34.8. The third-order valence-electron chi connectivity index (χ3n) is 3.63. The van der Waals surface area contributed by atoms with Crippen molar-refractivity contribution in [1.82, 2.24) is 0 Å². The molecule has 0 saturated heterocycles. The Bertz CT molecular complexity index is 520. The lowest BCUT2D eigenvalue weighted by atomic mass is 9.82. The van der Waals surface area contributed by atoms with Crippen molar-refractivity contribution < 1.29 is 24.6 Å². The maximum absolute atomic E-state index is 12.1. The summed E-state index contributed by atoms with van der Waals surface area (Å²) in [5.41, 5.74) is -0.443. The van der Waals surface area contributed by atoms with E-state index in [2.05, 4.69) is 0 Å². The molecule has 1 atom stereocenters. The number of aliphatic hydroxyl groups is 1. The van der Waals surface area contributed by atoms with E-state index in [4.69, 9.17) is 5.11 Å². The van der Waals surface area contributed by atoms with Gasteiger partial charge in [0.05, 0.1) is 0 Å². The summed E-state index contributed by atoms with van der Waals surface area (Å²) in [7, 11) is 0. The molecule has 0 amide bonds. The highest BCUT2D eigenvalue weighted by Crippen LogP contribution is 2.28. The molecular formula is C14H18O5. The molecule has 1 rings (SSSR count). The maximum Gasteiger partial charge on any atom is 0.335 e. The van der Waals surface area contributed by atoms with Crippen molar-refractivity contribution in [2.45, 2.75) is 46.1 Å². The number of aliphatic carboxylic acids is 1. The van der Waals surface area contributed by atoms with Gasteiger partial charge in [-0.05, 0) is 40.5 Å². The molecule has 1 unspecified atom stereocenters. The first-order chi connectivity index (χ1) is 8.59. The van der Waals surface area contributed by atoms with Gasteiger partial charge in [0.2, 0.25) is 0 Å². The minimum absolute atomic E-state index is 0.0698. The number of carbonyl (C=O) groups is 3. The Balaban J connectivity index is 2.99. The van der Waals surface area contributed by atoms with E-state index < -0.39 is 11.6 Å². The standard InChI is InChI=1S/C14H18O5/c1-7-8(2)12(16)10(9(3)11(7)15)5-6-14(4,19)13(17)18/h19H,5-6H2,1-4H3,(H,17,18). The van der Waals surface area contributed by atoms with Crippen LogP contribution in [0.4, 0.5) is 0 Å². The molecule has 0 saturated carbocycles. The summed E-state index contributed by atoms with van der Waals surface area (Å²) in [5, 5.41) is 18.5. The number of ketones is 2. The van der Waals surface area contributed by atoms with Gasteiger partial charge < -0.3 is 10.2 Å². The summed E-state index contributed by atoms with van der Waals surface area (Å²) in [6.45, 7) is 5.91. The molecule has 5 heteroatoms. The number of rotatable bonds is 4. The van der Waals surface area contributed by atoms with Crippen LogP contribution in [0.3, 0.4) is 0 Å². The van der Waals surface area contributed by atoms with E-state index in [1.807, 2.05) is 0 Å². The molecule has 0 aliphatic heterocycles. The quantitative estimate of drug-likeness (QED) is 0.750. The van der Waals surface area contributed by atoms with Crippen molar-refractivity contribution in [1.29, 1.82) is 0 Å². The molecule has 0 aromatic heterocycles. The van der Waals surface area contributed by atoms with Crippen molar-refractivity contribution in [3.8, 4) is 0 Å². The van der Waals surface area contributed by atoms with Gasteiger partial charge in [-0.15, -0.1) is 0 Å². The Labute approximate surface area is 111 Å². The van der Waals surface area contributed by atoms with E-state index in [0.29, 0.717) is 22.3 Å². The number of carbonyl (C=O) groups excluding carboxylic acids is 2. The number of carboxylic acid groups (broad SMARTS) is 1. The van der Waals surface area contributed by atoms with E-state index in [-0.39, 0.29) is 24.4 Å². The first kappa shape index (κ1) is 15.3. The van der Waals surface area contributed by atoms with Gasteiger partial charge in [0.25, 0.3) is 0 Å². The Kier molecular flexibility index (Phi) is 4.10. The molecule has 0 aromatic rings. The first-order valence-corrected chi connectivity index (χ1v) is 6.02. The number of hydrogen-bond donors (Lipinski definition) is 2. The number of allylic oxidation sites excluding steroid dienone is 4. The molecule has 2 N–H and O–H groups in total. The summed E-state index contributed by atoms with van der Waals surface area (Å²) >= 11 is 0. The van der Waals surface area contributed by atoms with Crippen molar-refractivity contribution in [2.75, 3.05) is 0 Å². The Morgan fingerprint density at radius 1 is 1.05 bits per heavy atom. The van der Waals surface area contributed by atoms with Crippen LogP contribution in [0.2, 0.25) is 0 Å². The molecule has 0 spiro atoms. The van der Waals surface area contributed by atoms with Crippen LogP contribution in [0.15, 0.2) is 22.3 Å². The fraction of sp³-hybridized carbons (Fsp3) is 0.500. The van der Waals surface area contributed by atoms with Gasteiger partial charge in [0.15, 0.2) is 17.2 Å². The zero-order valence-electron chi connectivity index (χ0n) is 11.5. The van der Waals surface area contributed by atoms with Crippen LogP contribution in [-0.4, -0.2) is 33.3 Å². The van der Waals surface area contributed by atoms with Crippen LogP contribution in [-0.2, 0) is 14.4 Å². The van der Waals surface area contributed by atoms with Gasteiger partial charge in [-0.2, -0.15) is 0 Å². The summed E-state index contributed by atoms with van der Waals surface area (Å²) in [6, 6.07) is 0. The monoisotopic (exact) mass is 266 g/mol. The highest BCUT2D eigenvalue weighted by Gasteiger charge is 2.33. The molecular weight excluding hydrogens is 248 g/mol. The Hall–Kier alpha value is -1.75. The van der Waals surface area contributed by atoms with Crippen LogP contribution in [0.25, 0.3) is 0 Å². The molecule has 5 nitrogen and oxygen atoms in total. The smallest absolute Gasteiger partial charge is 0.335 e. The minimum atomic E-state index is -1.90. The zero-order chi connectivity index (χ0) is 15.0. The number of Topliss-reactive ketones (excluding diaryl/α,β-unsaturated/α-hetero) is 2. The van der Waals surface area contributed by atoms with E-state index in [9.17, 15) is 19.5 Å². The second kappa shape index (κ2) is 5.09. The highest BCUT2D eigenvalue weighted by molar-refractivity contribution is 6.24. The van der Waals surface area contributed by atoms with E-state index in [1.165, 1.54) is 6.92 Å². The van der Waals surface area contributed by atoms with Crippen LogP contribution in [0.1, 0.15) is 40.5 Å². The largest absolute Gasteiger partial charge is 0.479 e. The van der Waals surface area contributed by atoms with E-state index >= 15 is 0 Å². The summed E-state index contributed by atoms with van der Waals surface area (Å²) in [5.74, 6) is -1.78. The van der Waals surface area contributed by atoms with Crippen LogP contribution < -0.4 is 0 Å². The normalized spacial score (nSPS) is 19.8. The van der Waals surface area contributed by atoms with Gasteiger partial charge in [0, 0.05) is 22.3 Å². The van der Waals surface area contributed by atoms with Crippen molar-refractivity contribution >= 4 is 17.5 Å². The Morgan fingerprint density at radius 3 is 2.00 bits per heavy atom. The lowest BCUT2D eigenvalue weighted by Gasteiger charge is -2.22. The third-order valence-corrected chi connectivity index (χ3v) is 3.63. The number of carboxylic acids is 1.